The lowest BCUT2D eigenvalue weighted by Crippen LogP contribution is -2.23. The summed E-state index contributed by atoms with van der Waals surface area (Å²) in [6, 6.07) is 4.69. The molecule has 3 nitrogen and oxygen atoms in total. The van der Waals surface area contributed by atoms with E-state index >= 15 is 0 Å². The number of aliphatic hydroxyl groups is 2. The van der Waals surface area contributed by atoms with E-state index in [2.05, 4.69) is 5.32 Å². The minimum Gasteiger partial charge on any atom is -0.396 e. The van der Waals surface area contributed by atoms with E-state index in [0.717, 1.165) is 18.6 Å². The van der Waals surface area contributed by atoms with E-state index in [9.17, 15) is 18.3 Å². The number of aliphatic hydroxyl groups excluding tert-OH is 2. The molecule has 0 aliphatic carbocycles. The normalized spacial score (nSPS) is 13.5. The molecule has 1 unspecified atom stereocenters. The minimum atomic E-state index is -4.40. The third kappa shape index (κ3) is 5.59. The number of nitrogens with one attached hydrogen (secondary N) is 1. The Labute approximate surface area is 110 Å². The molecule has 19 heavy (non-hydrogen) atoms. The lowest BCUT2D eigenvalue weighted by atomic mass is 10.1. The van der Waals surface area contributed by atoms with Gasteiger partial charge in [0.15, 0.2) is 0 Å². The highest BCUT2D eigenvalue weighted by Crippen LogP contribution is 2.30. The SMILES string of the molecule is OCCCCNCC(O)c1cccc(C(F)(F)F)c1. The number of benzene rings is 1. The van der Waals surface area contributed by atoms with Crippen LogP contribution in [0.2, 0.25) is 0 Å². The van der Waals surface area contributed by atoms with Crippen LogP contribution in [0.3, 0.4) is 0 Å². The maximum atomic E-state index is 12.5. The number of rotatable bonds is 7. The van der Waals surface area contributed by atoms with Crippen molar-refractivity contribution in [2.45, 2.75) is 25.1 Å². The molecular formula is C13H18F3NO2. The van der Waals surface area contributed by atoms with Crippen LogP contribution in [0.25, 0.3) is 0 Å². The van der Waals surface area contributed by atoms with Crippen molar-refractivity contribution in [3.05, 3.63) is 35.4 Å². The number of hydrogen-bond acceptors (Lipinski definition) is 3. The Hall–Kier alpha value is -1.11. The van der Waals surface area contributed by atoms with Crippen LogP contribution in [0.5, 0.6) is 0 Å². The number of halogens is 3. The first-order valence-electron chi connectivity index (χ1n) is 6.12. The average molecular weight is 277 g/mol. The third-order valence-corrected chi connectivity index (χ3v) is 2.70. The molecule has 3 N–H and O–H groups in total. The molecule has 0 bridgehead atoms. The van der Waals surface area contributed by atoms with Crippen molar-refractivity contribution < 1.29 is 23.4 Å². The Bertz CT molecular complexity index is 382. The fraction of sp³-hybridized carbons (Fsp3) is 0.538. The van der Waals surface area contributed by atoms with Crippen LogP contribution < -0.4 is 5.32 Å². The van der Waals surface area contributed by atoms with Crippen molar-refractivity contribution in [3.63, 3.8) is 0 Å². The highest BCUT2D eigenvalue weighted by atomic mass is 19.4. The van der Waals surface area contributed by atoms with Crippen LogP contribution >= 0.6 is 0 Å². The van der Waals surface area contributed by atoms with Crippen LogP contribution in [0.1, 0.15) is 30.1 Å². The van der Waals surface area contributed by atoms with Crippen molar-refractivity contribution in [1.29, 1.82) is 0 Å². The molecule has 1 aromatic rings. The second kappa shape index (κ2) is 7.47. The average Bonchev–Trinajstić information content (AvgIpc) is 2.37. The summed E-state index contributed by atoms with van der Waals surface area (Å²) in [6.45, 7) is 0.904. The first kappa shape index (κ1) is 15.9. The third-order valence-electron chi connectivity index (χ3n) is 2.70. The van der Waals surface area contributed by atoms with E-state index in [1.165, 1.54) is 12.1 Å². The first-order valence-corrected chi connectivity index (χ1v) is 6.12. The summed E-state index contributed by atoms with van der Waals surface area (Å²) >= 11 is 0. The molecule has 0 aliphatic heterocycles. The van der Waals surface area contributed by atoms with Crippen molar-refractivity contribution >= 4 is 0 Å². The highest BCUT2D eigenvalue weighted by molar-refractivity contribution is 5.27. The van der Waals surface area contributed by atoms with E-state index in [-0.39, 0.29) is 18.7 Å². The molecule has 0 aliphatic rings. The summed E-state index contributed by atoms with van der Waals surface area (Å²) in [5.41, 5.74) is -0.520. The van der Waals surface area contributed by atoms with Gasteiger partial charge in [0.1, 0.15) is 0 Å². The van der Waals surface area contributed by atoms with Crippen LogP contribution in [0, 0.1) is 0 Å². The van der Waals surface area contributed by atoms with Gasteiger partial charge in [-0.1, -0.05) is 12.1 Å². The highest BCUT2D eigenvalue weighted by Gasteiger charge is 2.30. The summed E-state index contributed by atoms with van der Waals surface area (Å²) in [6.07, 6.45) is -3.96. The van der Waals surface area contributed by atoms with Crippen LogP contribution in [-0.2, 0) is 6.18 Å². The second-order valence-electron chi connectivity index (χ2n) is 4.27. The van der Waals surface area contributed by atoms with Crippen LogP contribution in [0.15, 0.2) is 24.3 Å². The molecule has 108 valence electrons. The lowest BCUT2D eigenvalue weighted by molar-refractivity contribution is -0.137. The standard InChI is InChI=1S/C13H18F3NO2/c14-13(15,16)11-5-3-4-10(8-11)12(19)9-17-6-1-2-7-18/h3-5,8,12,17-19H,1-2,6-7,9H2. The molecule has 0 saturated carbocycles. The van der Waals surface area contributed by atoms with Crippen LogP contribution in [-0.4, -0.2) is 29.9 Å². The Kier molecular flexibility index (Phi) is 6.27. The zero-order chi connectivity index (χ0) is 14.3. The van der Waals surface area contributed by atoms with Gasteiger partial charge in [0, 0.05) is 13.2 Å². The monoisotopic (exact) mass is 277 g/mol. The summed E-state index contributed by atoms with van der Waals surface area (Å²) in [4.78, 5) is 0. The number of unbranched alkanes of at least 4 members (excludes halogenated alkanes) is 1. The fourth-order valence-corrected chi connectivity index (χ4v) is 1.64. The van der Waals surface area contributed by atoms with E-state index in [0.29, 0.717) is 13.0 Å². The summed E-state index contributed by atoms with van der Waals surface area (Å²) in [7, 11) is 0. The lowest BCUT2D eigenvalue weighted by Gasteiger charge is -2.14. The molecule has 0 radical (unpaired) electrons. The van der Waals surface area contributed by atoms with Crippen molar-refractivity contribution in [1.82, 2.24) is 5.32 Å². The van der Waals surface area contributed by atoms with Gasteiger partial charge in [0.05, 0.1) is 11.7 Å². The summed E-state index contributed by atoms with van der Waals surface area (Å²) in [5, 5.41) is 21.3. The van der Waals surface area contributed by atoms with E-state index in [1.807, 2.05) is 0 Å². The topological polar surface area (TPSA) is 52.5 Å². The van der Waals surface area contributed by atoms with E-state index in [1.54, 1.807) is 0 Å². The van der Waals surface area contributed by atoms with Gasteiger partial charge >= 0.3 is 6.18 Å². The van der Waals surface area contributed by atoms with Gasteiger partial charge in [-0.25, -0.2) is 0 Å². The number of alkyl halides is 3. The largest absolute Gasteiger partial charge is 0.416 e. The summed E-state index contributed by atoms with van der Waals surface area (Å²) < 4.78 is 37.5. The van der Waals surface area contributed by atoms with Gasteiger partial charge in [-0.15, -0.1) is 0 Å². The maximum Gasteiger partial charge on any atom is 0.416 e. The van der Waals surface area contributed by atoms with Gasteiger partial charge in [0.2, 0.25) is 0 Å². The molecule has 0 amide bonds. The van der Waals surface area contributed by atoms with Crippen molar-refractivity contribution in [3.8, 4) is 0 Å². The molecule has 0 spiro atoms. The maximum absolute atomic E-state index is 12.5. The van der Waals surface area contributed by atoms with E-state index < -0.39 is 17.8 Å². The van der Waals surface area contributed by atoms with Crippen LogP contribution in [0.4, 0.5) is 13.2 Å². The van der Waals surface area contributed by atoms with Crippen molar-refractivity contribution in [2.24, 2.45) is 0 Å². The number of hydrogen-bond donors (Lipinski definition) is 3. The fourth-order valence-electron chi connectivity index (χ4n) is 1.64. The minimum absolute atomic E-state index is 0.109. The Morgan fingerprint density at radius 3 is 2.58 bits per heavy atom. The van der Waals surface area contributed by atoms with Gasteiger partial charge < -0.3 is 15.5 Å². The Morgan fingerprint density at radius 2 is 1.95 bits per heavy atom. The van der Waals surface area contributed by atoms with Gasteiger partial charge in [-0.3, -0.25) is 0 Å². The molecule has 1 aromatic carbocycles. The second-order valence-corrected chi connectivity index (χ2v) is 4.27. The molecule has 1 atom stereocenters. The molecule has 0 saturated heterocycles. The molecule has 0 fully saturated rings. The Morgan fingerprint density at radius 1 is 1.21 bits per heavy atom. The molecule has 0 aromatic heterocycles. The first-order chi connectivity index (χ1) is 8.95. The smallest absolute Gasteiger partial charge is 0.396 e. The Balaban J connectivity index is 2.50. The van der Waals surface area contributed by atoms with E-state index in [4.69, 9.17) is 5.11 Å². The molecule has 6 heteroatoms. The quantitative estimate of drug-likeness (QED) is 0.669. The zero-order valence-corrected chi connectivity index (χ0v) is 10.5. The predicted molar refractivity (Wildman–Crippen MR) is 65.6 cm³/mol. The van der Waals surface area contributed by atoms with Gasteiger partial charge in [-0.05, 0) is 37.1 Å². The molecular weight excluding hydrogens is 259 g/mol. The van der Waals surface area contributed by atoms with Gasteiger partial charge in [0.25, 0.3) is 0 Å². The molecule has 0 heterocycles. The van der Waals surface area contributed by atoms with Crippen molar-refractivity contribution in [2.75, 3.05) is 19.7 Å². The summed E-state index contributed by atoms with van der Waals surface area (Å²) in [5.74, 6) is 0. The van der Waals surface area contributed by atoms with Gasteiger partial charge in [-0.2, -0.15) is 13.2 Å². The predicted octanol–water partition coefficient (Wildman–Crippen LogP) is 2.10. The zero-order valence-electron chi connectivity index (χ0n) is 10.5. The molecule has 1 rings (SSSR count).